The number of rotatable bonds is 2. The number of aliphatic carboxylic acids is 1. The predicted molar refractivity (Wildman–Crippen MR) is 66.5 cm³/mol. The number of fused-ring (bicyclic) bond motifs is 2. The van der Waals surface area contributed by atoms with Crippen LogP contribution in [0.1, 0.15) is 25.7 Å². The van der Waals surface area contributed by atoms with Crippen molar-refractivity contribution in [3.05, 3.63) is 0 Å². The number of carboxylic acid groups (broad SMARTS) is 1. The van der Waals surface area contributed by atoms with Gasteiger partial charge in [-0.3, -0.25) is 4.90 Å². The highest BCUT2D eigenvalue weighted by molar-refractivity contribution is 5.72. The average Bonchev–Trinajstić information content (AvgIpc) is 2.61. The molecular formula is C13H22N2O3. The molecule has 102 valence electrons. The van der Waals surface area contributed by atoms with Gasteiger partial charge in [-0.05, 0) is 32.7 Å². The van der Waals surface area contributed by atoms with Crippen LogP contribution in [0.15, 0.2) is 0 Å². The molecule has 3 aliphatic heterocycles. The van der Waals surface area contributed by atoms with Crippen LogP contribution in [0.4, 0.5) is 0 Å². The fourth-order valence-electron chi connectivity index (χ4n) is 3.83. The summed E-state index contributed by atoms with van der Waals surface area (Å²) in [6.07, 6.45) is 4.38. The van der Waals surface area contributed by atoms with Gasteiger partial charge in [0.05, 0.1) is 6.61 Å². The summed E-state index contributed by atoms with van der Waals surface area (Å²) in [5.74, 6) is -0.824. The van der Waals surface area contributed by atoms with Gasteiger partial charge in [0.25, 0.3) is 0 Å². The molecule has 3 fully saturated rings. The van der Waals surface area contributed by atoms with E-state index in [4.69, 9.17) is 9.84 Å². The van der Waals surface area contributed by atoms with E-state index in [2.05, 4.69) is 16.8 Å². The SMILES string of the molecule is CN1C2CCC1CC(N1CCOC(C(=O)O)C1)C2. The van der Waals surface area contributed by atoms with E-state index in [1.54, 1.807) is 0 Å². The number of hydrogen-bond acceptors (Lipinski definition) is 4. The minimum Gasteiger partial charge on any atom is -0.479 e. The summed E-state index contributed by atoms with van der Waals surface area (Å²) in [4.78, 5) is 15.9. The Balaban J connectivity index is 1.63. The fraction of sp³-hybridized carbons (Fsp3) is 0.923. The van der Waals surface area contributed by atoms with Gasteiger partial charge in [-0.15, -0.1) is 0 Å². The van der Waals surface area contributed by atoms with E-state index < -0.39 is 12.1 Å². The minimum absolute atomic E-state index is 0.554. The van der Waals surface area contributed by atoms with Crippen LogP contribution in [0.3, 0.4) is 0 Å². The van der Waals surface area contributed by atoms with Crippen molar-refractivity contribution >= 4 is 5.97 Å². The molecular weight excluding hydrogens is 232 g/mol. The van der Waals surface area contributed by atoms with Gasteiger partial charge in [-0.25, -0.2) is 4.79 Å². The maximum atomic E-state index is 11.0. The first kappa shape index (κ1) is 12.4. The molecule has 3 rings (SSSR count). The maximum Gasteiger partial charge on any atom is 0.334 e. The van der Waals surface area contributed by atoms with Crippen LogP contribution >= 0.6 is 0 Å². The van der Waals surface area contributed by atoms with E-state index >= 15 is 0 Å². The van der Waals surface area contributed by atoms with Crippen molar-refractivity contribution < 1.29 is 14.6 Å². The lowest BCUT2D eigenvalue weighted by Crippen LogP contribution is -2.55. The number of ether oxygens (including phenoxy) is 1. The van der Waals surface area contributed by atoms with Crippen molar-refractivity contribution in [2.24, 2.45) is 0 Å². The fourth-order valence-corrected chi connectivity index (χ4v) is 3.83. The predicted octanol–water partition coefficient (Wildman–Crippen LogP) is 0.397. The molecule has 3 unspecified atom stereocenters. The average molecular weight is 254 g/mol. The van der Waals surface area contributed by atoms with Gasteiger partial charge in [0.1, 0.15) is 0 Å². The molecule has 3 heterocycles. The Labute approximate surface area is 108 Å². The van der Waals surface area contributed by atoms with E-state index in [0.29, 0.717) is 31.3 Å². The molecule has 18 heavy (non-hydrogen) atoms. The molecule has 3 saturated heterocycles. The minimum atomic E-state index is -0.824. The van der Waals surface area contributed by atoms with Gasteiger partial charge in [0.15, 0.2) is 6.10 Å². The Bertz CT molecular complexity index is 322. The van der Waals surface area contributed by atoms with Crippen molar-refractivity contribution in [2.75, 3.05) is 26.7 Å². The van der Waals surface area contributed by atoms with Gasteiger partial charge in [-0.1, -0.05) is 0 Å². The third-order valence-corrected chi connectivity index (χ3v) is 4.96. The first-order valence-electron chi connectivity index (χ1n) is 6.95. The topological polar surface area (TPSA) is 53.0 Å². The summed E-state index contributed by atoms with van der Waals surface area (Å²) in [7, 11) is 2.23. The monoisotopic (exact) mass is 254 g/mol. The number of piperidine rings is 1. The summed E-state index contributed by atoms with van der Waals surface area (Å²) in [5.41, 5.74) is 0. The molecule has 2 bridgehead atoms. The molecule has 0 saturated carbocycles. The van der Waals surface area contributed by atoms with Gasteiger partial charge in [0.2, 0.25) is 0 Å². The van der Waals surface area contributed by atoms with Crippen LogP contribution in [-0.2, 0) is 9.53 Å². The summed E-state index contributed by atoms with van der Waals surface area (Å²) in [6.45, 7) is 2.00. The molecule has 0 aromatic carbocycles. The zero-order valence-corrected chi connectivity index (χ0v) is 10.9. The zero-order chi connectivity index (χ0) is 12.7. The van der Waals surface area contributed by atoms with Crippen LogP contribution < -0.4 is 0 Å². The lowest BCUT2D eigenvalue weighted by Gasteiger charge is -2.44. The largest absolute Gasteiger partial charge is 0.479 e. The van der Waals surface area contributed by atoms with Crippen molar-refractivity contribution in [3.63, 3.8) is 0 Å². The van der Waals surface area contributed by atoms with Crippen molar-refractivity contribution in [3.8, 4) is 0 Å². The zero-order valence-electron chi connectivity index (χ0n) is 10.9. The Morgan fingerprint density at radius 3 is 2.50 bits per heavy atom. The number of morpholine rings is 1. The Hall–Kier alpha value is -0.650. The summed E-state index contributed by atoms with van der Waals surface area (Å²) in [5, 5.41) is 9.05. The molecule has 5 nitrogen and oxygen atoms in total. The first-order valence-corrected chi connectivity index (χ1v) is 6.95. The molecule has 1 N–H and O–H groups in total. The van der Waals surface area contributed by atoms with E-state index in [1.165, 1.54) is 25.7 Å². The van der Waals surface area contributed by atoms with Gasteiger partial charge < -0.3 is 14.7 Å². The highest BCUT2D eigenvalue weighted by Crippen LogP contribution is 2.36. The van der Waals surface area contributed by atoms with E-state index in [0.717, 1.165) is 6.54 Å². The van der Waals surface area contributed by atoms with Gasteiger partial charge in [0, 0.05) is 31.2 Å². The second kappa shape index (κ2) is 4.79. The van der Waals surface area contributed by atoms with Gasteiger partial charge >= 0.3 is 5.97 Å². The number of carboxylic acids is 1. The number of carbonyl (C=O) groups is 1. The highest BCUT2D eigenvalue weighted by atomic mass is 16.5. The molecule has 5 heteroatoms. The highest BCUT2D eigenvalue weighted by Gasteiger charge is 2.41. The van der Waals surface area contributed by atoms with Crippen LogP contribution in [0.2, 0.25) is 0 Å². The third kappa shape index (κ3) is 2.15. The van der Waals surface area contributed by atoms with Crippen molar-refractivity contribution in [2.45, 2.75) is 49.9 Å². The third-order valence-electron chi connectivity index (χ3n) is 4.96. The lowest BCUT2D eigenvalue weighted by atomic mass is 9.96. The van der Waals surface area contributed by atoms with Crippen LogP contribution in [0, 0.1) is 0 Å². The Kier molecular flexibility index (Phi) is 3.30. The maximum absolute atomic E-state index is 11.0. The Morgan fingerprint density at radius 1 is 1.22 bits per heavy atom. The molecule has 0 amide bonds. The van der Waals surface area contributed by atoms with E-state index in [-0.39, 0.29) is 0 Å². The molecule has 0 radical (unpaired) electrons. The van der Waals surface area contributed by atoms with Crippen LogP contribution in [-0.4, -0.2) is 71.8 Å². The van der Waals surface area contributed by atoms with Crippen LogP contribution in [0.5, 0.6) is 0 Å². The summed E-state index contributed by atoms with van der Waals surface area (Å²) in [6, 6.07) is 1.98. The molecule has 3 atom stereocenters. The second-order valence-electron chi connectivity index (χ2n) is 5.87. The number of hydrogen-bond donors (Lipinski definition) is 1. The van der Waals surface area contributed by atoms with E-state index in [1.807, 2.05) is 0 Å². The summed E-state index contributed by atoms with van der Waals surface area (Å²) < 4.78 is 5.30. The van der Waals surface area contributed by atoms with E-state index in [9.17, 15) is 4.79 Å². The quantitative estimate of drug-likeness (QED) is 0.773. The normalized spacial score (nSPS) is 42.1. The standard InChI is InChI=1S/C13H22N2O3/c1-14-9-2-3-10(14)7-11(6-9)15-4-5-18-12(8-15)13(16)17/h9-12H,2-8H2,1H3,(H,16,17). The van der Waals surface area contributed by atoms with Crippen molar-refractivity contribution in [1.82, 2.24) is 9.80 Å². The van der Waals surface area contributed by atoms with Crippen LogP contribution in [0.25, 0.3) is 0 Å². The van der Waals surface area contributed by atoms with Crippen molar-refractivity contribution in [1.29, 1.82) is 0 Å². The number of nitrogens with zero attached hydrogens (tertiary/aromatic N) is 2. The molecule has 0 aromatic rings. The lowest BCUT2D eigenvalue weighted by molar-refractivity contribution is -0.157. The smallest absolute Gasteiger partial charge is 0.334 e. The molecule has 0 aromatic heterocycles. The van der Waals surface area contributed by atoms with Gasteiger partial charge in [-0.2, -0.15) is 0 Å². The molecule has 0 spiro atoms. The summed E-state index contributed by atoms with van der Waals surface area (Å²) >= 11 is 0. The molecule has 3 aliphatic rings. The first-order chi connectivity index (χ1) is 8.65. The second-order valence-corrected chi connectivity index (χ2v) is 5.87. The molecule has 0 aliphatic carbocycles. The Morgan fingerprint density at radius 2 is 1.89 bits per heavy atom.